The van der Waals surface area contributed by atoms with E-state index in [1.165, 1.54) is 4.90 Å². The lowest BCUT2D eigenvalue weighted by atomic mass is 10.2. The Kier molecular flexibility index (Phi) is 5.14. The SMILES string of the molecule is C/C1=C(/O)O/N=N/CCN(C(=O)OCc2ccccc2)C1. The van der Waals surface area contributed by atoms with Crippen LogP contribution < -0.4 is 0 Å². The predicted octanol–water partition coefficient (Wildman–Crippen LogP) is 2.81. The van der Waals surface area contributed by atoms with Crippen molar-refractivity contribution in [3.8, 4) is 0 Å². The molecule has 1 aliphatic rings. The second-order valence-corrected chi connectivity index (χ2v) is 4.59. The molecule has 0 radical (unpaired) electrons. The number of hydrogen-bond acceptors (Lipinski definition) is 6. The molecule has 0 fully saturated rings. The molecule has 1 amide bonds. The van der Waals surface area contributed by atoms with Gasteiger partial charge in [-0.3, -0.25) is 0 Å². The molecule has 0 saturated heterocycles. The van der Waals surface area contributed by atoms with Crippen LogP contribution in [-0.4, -0.2) is 35.7 Å². The molecule has 1 aliphatic heterocycles. The van der Waals surface area contributed by atoms with Crippen molar-refractivity contribution in [2.75, 3.05) is 19.6 Å². The summed E-state index contributed by atoms with van der Waals surface area (Å²) in [5, 5.41) is 16.6. The maximum absolute atomic E-state index is 12.1. The zero-order chi connectivity index (χ0) is 15.1. The number of carbonyl (C=O) groups is 1. The van der Waals surface area contributed by atoms with Gasteiger partial charge in [-0.25, -0.2) is 4.79 Å². The van der Waals surface area contributed by atoms with E-state index in [2.05, 4.69) is 15.2 Å². The van der Waals surface area contributed by atoms with Gasteiger partial charge >= 0.3 is 12.0 Å². The molecule has 0 saturated carbocycles. The molecule has 7 nitrogen and oxygen atoms in total. The monoisotopic (exact) mass is 291 g/mol. The van der Waals surface area contributed by atoms with Crippen molar-refractivity contribution in [2.24, 2.45) is 10.4 Å². The minimum atomic E-state index is -0.469. The summed E-state index contributed by atoms with van der Waals surface area (Å²) in [7, 11) is 0. The first-order valence-corrected chi connectivity index (χ1v) is 6.55. The number of benzene rings is 1. The summed E-state index contributed by atoms with van der Waals surface area (Å²) in [6, 6.07) is 9.42. The van der Waals surface area contributed by atoms with Crippen LogP contribution in [0.25, 0.3) is 0 Å². The van der Waals surface area contributed by atoms with Gasteiger partial charge in [0.05, 0.1) is 13.1 Å². The smallest absolute Gasteiger partial charge is 0.410 e. The van der Waals surface area contributed by atoms with Crippen LogP contribution in [0, 0.1) is 0 Å². The molecule has 1 heterocycles. The maximum atomic E-state index is 12.1. The van der Waals surface area contributed by atoms with E-state index in [1.807, 2.05) is 30.3 Å². The Balaban J connectivity index is 1.96. The van der Waals surface area contributed by atoms with Gasteiger partial charge in [0.1, 0.15) is 6.61 Å². The molecule has 0 bridgehead atoms. The highest BCUT2D eigenvalue weighted by atomic mass is 16.7. The number of hydrogen-bond donors (Lipinski definition) is 1. The van der Waals surface area contributed by atoms with Crippen molar-refractivity contribution in [3.63, 3.8) is 0 Å². The van der Waals surface area contributed by atoms with Gasteiger partial charge < -0.3 is 19.6 Å². The predicted molar refractivity (Wildman–Crippen MR) is 74.3 cm³/mol. The topological polar surface area (TPSA) is 83.7 Å². The van der Waals surface area contributed by atoms with Gasteiger partial charge in [-0.2, -0.15) is 5.11 Å². The fraction of sp³-hybridized carbons (Fsp3) is 0.357. The van der Waals surface area contributed by atoms with Crippen molar-refractivity contribution in [1.82, 2.24) is 4.90 Å². The summed E-state index contributed by atoms with van der Waals surface area (Å²) in [5.41, 5.74) is 1.39. The number of aliphatic hydroxyl groups excluding tert-OH is 1. The van der Waals surface area contributed by atoms with E-state index in [0.717, 1.165) is 5.56 Å². The van der Waals surface area contributed by atoms with Crippen LogP contribution in [0.5, 0.6) is 0 Å². The normalized spacial score (nSPS) is 20.7. The Labute approximate surface area is 122 Å². The van der Waals surface area contributed by atoms with Gasteiger partial charge in [0, 0.05) is 17.4 Å². The van der Waals surface area contributed by atoms with Gasteiger partial charge in [-0.1, -0.05) is 30.3 Å². The molecular weight excluding hydrogens is 274 g/mol. The fourth-order valence-electron chi connectivity index (χ4n) is 1.75. The lowest BCUT2D eigenvalue weighted by Gasteiger charge is -2.20. The number of nitrogens with zero attached hydrogens (tertiary/aromatic N) is 3. The minimum Gasteiger partial charge on any atom is -0.479 e. The summed E-state index contributed by atoms with van der Waals surface area (Å²) in [6.45, 7) is 2.66. The number of carbonyl (C=O) groups excluding carboxylic acids is 1. The number of ether oxygens (including phenoxy) is 1. The molecular formula is C14H17N3O4. The van der Waals surface area contributed by atoms with E-state index in [9.17, 15) is 9.90 Å². The molecule has 2 rings (SSSR count). The third-order valence-electron chi connectivity index (χ3n) is 2.91. The van der Waals surface area contributed by atoms with Gasteiger partial charge in [0.15, 0.2) is 0 Å². The molecule has 7 heteroatoms. The Morgan fingerprint density at radius 1 is 1.43 bits per heavy atom. The molecule has 21 heavy (non-hydrogen) atoms. The largest absolute Gasteiger partial charge is 0.479 e. The highest BCUT2D eigenvalue weighted by Gasteiger charge is 2.18. The molecule has 0 atom stereocenters. The van der Waals surface area contributed by atoms with Crippen molar-refractivity contribution in [3.05, 3.63) is 47.4 Å². The highest BCUT2D eigenvalue weighted by molar-refractivity contribution is 5.68. The van der Waals surface area contributed by atoms with Gasteiger partial charge in [0.2, 0.25) is 0 Å². The zero-order valence-corrected chi connectivity index (χ0v) is 11.7. The van der Waals surface area contributed by atoms with E-state index >= 15 is 0 Å². The number of amides is 1. The number of aliphatic hydroxyl groups is 1. The first-order valence-electron chi connectivity index (χ1n) is 6.55. The average molecular weight is 291 g/mol. The molecule has 0 aromatic heterocycles. The molecule has 112 valence electrons. The first-order chi connectivity index (χ1) is 10.2. The van der Waals surface area contributed by atoms with Crippen molar-refractivity contribution >= 4 is 6.09 Å². The van der Waals surface area contributed by atoms with Crippen LogP contribution in [-0.2, 0) is 16.2 Å². The Hall–Kier alpha value is -2.57. The molecule has 1 aromatic rings. The van der Waals surface area contributed by atoms with Crippen molar-refractivity contribution in [2.45, 2.75) is 13.5 Å². The fourth-order valence-corrected chi connectivity index (χ4v) is 1.75. The highest BCUT2D eigenvalue weighted by Crippen LogP contribution is 2.10. The summed E-state index contributed by atoms with van der Waals surface area (Å²) in [4.78, 5) is 18.2. The third-order valence-corrected chi connectivity index (χ3v) is 2.91. The van der Waals surface area contributed by atoms with Gasteiger partial charge in [-0.05, 0) is 12.5 Å². The van der Waals surface area contributed by atoms with E-state index in [1.54, 1.807) is 6.92 Å². The molecule has 0 spiro atoms. The van der Waals surface area contributed by atoms with Crippen LogP contribution in [0.3, 0.4) is 0 Å². The van der Waals surface area contributed by atoms with E-state index in [-0.39, 0.29) is 25.6 Å². The Morgan fingerprint density at radius 3 is 2.95 bits per heavy atom. The van der Waals surface area contributed by atoms with Crippen LogP contribution in [0.2, 0.25) is 0 Å². The summed E-state index contributed by atoms with van der Waals surface area (Å²) < 4.78 is 5.26. The van der Waals surface area contributed by atoms with Crippen LogP contribution >= 0.6 is 0 Å². The summed E-state index contributed by atoms with van der Waals surface area (Å²) >= 11 is 0. The maximum Gasteiger partial charge on any atom is 0.410 e. The van der Waals surface area contributed by atoms with Crippen molar-refractivity contribution in [1.29, 1.82) is 0 Å². The lowest BCUT2D eigenvalue weighted by Crippen LogP contribution is -2.35. The minimum absolute atomic E-state index is 0.197. The Morgan fingerprint density at radius 2 is 2.19 bits per heavy atom. The molecule has 1 N–H and O–H groups in total. The van der Waals surface area contributed by atoms with E-state index < -0.39 is 6.09 Å². The van der Waals surface area contributed by atoms with Gasteiger partial charge in [0.25, 0.3) is 0 Å². The lowest BCUT2D eigenvalue weighted by molar-refractivity contribution is 0.0792. The second kappa shape index (κ2) is 7.28. The van der Waals surface area contributed by atoms with Gasteiger partial charge in [-0.15, -0.1) is 0 Å². The van der Waals surface area contributed by atoms with Crippen LogP contribution in [0.4, 0.5) is 4.79 Å². The van der Waals surface area contributed by atoms with Crippen molar-refractivity contribution < 1.29 is 19.5 Å². The second-order valence-electron chi connectivity index (χ2n) is 4.59. The van der Waals surface area contributed by atoms with Crippen LogP contribution in [0.15, 0.2) is 52.2 Å². The molecule has 1 aromatic carbocycles. The third kappa shape index (κ3) is 4.48. The number of rotatable bonds is 2. The Bertz CT molecular complexity index is 542. The standard InChI is InChI=1S/C14H17N3O4/c1-11-9-17(8-7-15-16-21-13(11)18)14(19)20-10-12-5-3-2-4-6-12/h2-6,18H,7-10H2,1H3/b13-11+,16-15+. The first kappa shape index (κ1) is 14.8. The summed E-state index contributed by atoms with van der Waals surface area (Å²) in [6.07, 6.45) is -0.469. The molecule has 0 aliphatic carbocycles. The quantitative estimate of drug-likeness (QED) is 0.908. The van der Waals surface area contributed by atoms with E-state index in [4.69, 9.17) is 4.74 Å². The average Bonchev–Trinajstić information content (AvgIpc) is 2.58. The summed E-state index contributed by atoms with van der Waals surface area (Å²) in [5.74, 6) is -0.346. The van der Waals surface area contributed by atoms with Crippen LogP contribution in [0.1, 0.15) is 12.5 Å². The zero-order valence-electron chi connectivity index (χ0n) is 11.7. The molecule has 0 unspecified atom stereocenters. The van der Waals surface area contributed by atoms with E-state index in [0.29, 0.717) is 12.1 Å².